The van der Waals surface area contributed by atoms with Crippen molar-refractivity contribution in [3.05, 3.63) is 92.5 Å². The number of hydrogen-bond acceptors (Lipinski definition) is 8. The number of likely N-dealkylation sites (tertiary alicyclic amines) is 1. The van der Waals surface area contributed by atoms with Crippen molar-refractivity contribution < 1.29 is 0 Å². The number of hydrogen-bond donors (Lipinski definition) is 2. The molecule has 0 radical (unpaired) electrons. The molecule has 1 aliphatic rings. The number of benzene rings is 2. The van der Waals surface area contributed by atoms with Crippen molar-refractivity contribution in [3.8, 4) is 6.07 Å². The SMILES string of the molecule is CC(C)(C)N1CCC(n2cc([C@@H](Nc3cc(Cl)c4ncc(C#N)c(Nc5cscc5Cl)c4c3)c3ccccc3)nn2)CC1. The van der Waals surface area contributed by atoms with Crippen LogP contribution < -0.4 is 10.6 Å². The first kappa shape index (κ1) is 29.4. The Bertz CT molecular complexity index is 1780. The molecule has 1 saturated heterocycles. The van der Waals surface area contributed by atoms with Crippen LogP contribution in [0.4, 0.5) is 17.1 Å². The van der Waals surface area contributed by atoms with E-state index in [4.69, 9.17) is 23.2 Å². The molecule has 0 saturated carbocycles. The number of aromatic nitrogens is 4. The topological polar surface area (TPSA) is 94.7 Å². The second-order valence-electron chi connectivity index (χ2n) is 11.8. The average molecular weight is 632 g/mol. The molecule has 0 amide bonds. The fourth-order valence-electron chi connectivity index (χ4n) is 5.61. The smallest absolute Gasteiger partial charge is 0.109 e. The Morgan fingerprint density at radius 1 is 1.07 bits per heavy atom. The van der Waals surface area contributed by atoms with Crippen LogP contribution in [0.2, 0.25) is 10.0 Å². The maximum atomic E-state index is 9.89. The summed E-state index contributed by atoms with van der Waals surface area (Å²) in [5, 5.41) is 31.6. The van der Waals surface area contributed by atoms with Crippen LogP contribution in [0.5, 0.6) is 0 Å². The van der Waals surface area contributed by atoms with Gasteiger partial charge < -0.3 is 10.6 Å². The zero-order valence-corrected chi connectivity index (χ0v) is 26.5. The number of fused-ring (bicyclic) bond motifs is 1. The van der Waals surface area contributed by atoms with E-state index in [0.29, 0.717) is 38.2 Å². The molecule has 0 aliphatic carbocycles. The van der Waals surface area contributed by atoms with Crippen molar-refractivity contribution in [2.45, 2.75) is 51.2 Å². The molecular formula is C32H32Cl2N8S. The molecule has 2 N–H and O–H groups in total. The molecule has 43 heavy (non-hydrogen) atoms. The minimum Gasteiger partial charge on any atom is -0.373 e. The summed E-state index contributed by atoms with van der Waals surface area (Å²) >= 11 is 14.7. The molecule has 0 spiro atoms. The highest BCUT2D eigenvalue weighted by Gasteiger charge is 2.29. The third-order valence-electron chi connectivity index (χ3n) is 7.97. The predicted octanol–water partition coefficient (Wildman–Crippen LogP) is 8.45. The first-order valence-electron chi connectivity index (χ1n) is 14.2. The summed E-state index contributed by atoms with van der Waals surface area (Å²) in [6, 6.07) is 16.2. The zero-order chi connectivity index (χ0) is 30.1. The first-order valence-corrected chi connectivity index (χ1v) is 15.9. The number of piperidine rings is 1. The molecule has 0 bridgehead atoms. The lowest BCUT2D eigenvalue weighted by Crippen LogP contribution is -2.46. The second-order valence-corrected chi connectivity index (χ2v) is 13.3. The van der Waals surface area contributed by atoms with Gasteiger partial charge in [0.15, 0.2) is 0 Å². The van der Waals surface area contributed by atoms with E-state index in [1.165, 1.54) is 17.5 Å². The number of pyridine rings is 1. The van der Waals surface area contributed by atoms with E-state index in [2.05, 4.69) is 76.0 Å². The van der Waals surface area contributed by atoms with Crippen LogP contribution in [-0.4, -0.2) is 43.5 Å². The number of nitriles is 1. The van der Waals surface area contributed by atoms with Crippen molar-refractivity contribution in [3.63, 3.8) is 0 Å². The van der Waals surface area contributed by atoms with Gasteiger partial charge in [-0.25, -0.2) is 4.68 Å². The largest absolute Gasteiger partial charge is 0.373 e. The maximum absolute atomic E-state index is 9.89. The molecule has 1 aliphatic heterocycles. The first-order chi connectivity index (χ1) is 20.7. The molecule has 2 aromatic carbocycles. The highest BCUT2D eigenvalue weighted by atomic mass is 35.5. The lowest BCUT2D eigenvalue weighted by atomic mass is 9.98. The van der Waals surface area contributed by atoms with Gasteiger partial charge in [-0.3, -0.25) is 9.88 Å². The Kier molecular flexibility index (Phi) is 8.29. The molecule has 3 aromatic heterocycles. The van der Waals surface area contributed by atoms with Crippen LogP contribution in [0.15, 0.2) is 65.6 Å². The summed E-state index contributed by atoms with van der Waals surface area (Å²) in [6.07, 6.45) is 5.65. The van der Waals surface area contributed by atoms with Crippen molar-refractivity contribution in [2.24, 2.45) is 0 Å². The molecule has 1 fully saturated rings. The standard InChI is InChI=1S/C32H32Cl2N8S/c1-32(2,3)41-11-9-23(10-12-41)42-17-27(39-40-42)30(20-7-5-4-6-8-20)37-22-13-24-29(38-28-19-43-18-26(28)34)21(15-35)16-36-31(24)25(33)14-22/h4-8,13-14,16-19,23,30,37H,9-12H2,1-3H3,(H,36,38)/t30-/m0/s1. The zero-order valence-electron chi connectivity index (χ0n) is 24.2. The molecule has 11 heteroatoms. The Morgan fingerprint density at radius 3 is 2.51 bits per heavy atom. The average Bonchev–Trinajstić information content (AvgIpc) is 3.65. The van der Waals surface area contributed by atoms with Gasteiger partial charge in [-0.05, 0) is 51.3 Å². The molecule has 1 atom stereocenters. The molecular weight excluding hydrogens is 599 g/mol. The van der Waals surface area contributed by atoms with Gasteiger partial charge in [0.25, 0.3) is 0 Å². The van der Waals surface area contributed by atoms with Crippen molar-refractivity contribution in [1.29, 1.82) is 5.26 Å². The van der Waals surface area contributed by atoms with Gasteiger partial charge in [-0.15, -0.1) is 16.4 Å². The van der Waals surface area contributed by atoms with Crippen LogP contribution in [0.3, 0.4) is 0 Å². The lowest BCUT2D eigenvalue weighted by Gasteiger charge is -2.40. The molecule has 4 heterocycles. The summed E-state index contributed by atoms with van der Waals surface area (Å²) in [5.41, 5.74) is 5.08. The highest BCUT2D eigenvalue weighted by molar-refractivity contribution is 7.09. The second kappa shape index (κ2) is 12.1. The number of nitrogens with zero attached hydrogens (tertiary/aromatic N) is 6. The van der Waals surface area contributed by atoms with Gasteiger partial charge in [-0.2, -0.15) is 5.26 Å². The van der Waals surface area contributed by atoms with Crippen molar-refractivity contribution in [1.82, 2.24) is 24.9 Å². The van der Waals surface area contributed by atoms with E-state index >= 15 is 0 Å². The Morgan fingerprint density at radius 2 is 1.84 bits per heavy atom. The van der Waals surface area contributed by atoms with Crippen LogP contribution in [0, 0.1) is 11.3 Å². The summed E-state index contributed by atoms with van der Waals surface area (Å²) in [5.74, 6) is 0. The van der Waals surface area contributed by atoms with E-state index in [1.807, 2.05) is 45.8 Å². The number of nitrogens with one attached hydrogen (secondary N) is 2. The number of anilines is 3. The highest BCUT2D eigenvalue weighted by Crippen LogP contribution is 2.38. The van der Waals surface area contributed by atoms with E-state index in [-0.39, 0.29) is 11.6 Å². The van der Waals surface area contributed by atoms with Gasteiger partial charge in [0.05, 0.1) is 50.8 Å². The van der Waals surface area contributed by atoms with Crippen molar-refractivity contribution in [2.75, 3.05) is 23.7 Å². The molecule has 0 unspecified atom stereocenters. The maximum Gasteiger partial charge on any atom is 0.109 e. The lowest BCUT2D eigenvalue weighted by molar-refractivity contribution is 0.0866. The Balaban J connectivity index is 1.35. The minimum atomic E-state index is -0.284. The number of rotatable bonds is 7. The summed E-state index contributed by atoms with van der Waals surface area (Å²) < 4.78 is 2.02. The summed E-state index contributed by atoms with van der Waals surface area (Å²) in [4.78, 5) is 7.02. The van der Waals surface area contributed by atoms with Crippen LogP contribution >= 0.6 is 34.5 Å². The van der Waals surface area contributed by atoms with E-state index in [0.717, 1.165) is 48.6 Å². The van der Waals surface area contributed by atoms with Gasteiger partial charge in [-0.1, -0.05) is 58.7 Å². The van der Waals surface area contributed by atoms with Gasteiger partial charge in [0, 0.05) is 46.7 Å². The van der Waals surface area contributed by atoms with E-state index in [1.54, 1.807) is 0 Å². The van der Waals surface area contributed by atoms with Gasteiger partial charge in [0.1, 0.15) is 11.8 Å². The fourth-order valence-corrected chi connectivity index (χ4v) is 6.84. The number of thiophene rings is 1. The van der Waals surface area contributed by atoms with Crippen LogP contribution in [0.1, 0.15) is 62.5 Å². The fraction of sp³-hybridized carbons (Fsp3) is 0.312. The molecule has 220 valence electrons. The quantitative estimate of drug-likeness (QED) is 0.186. The monoisotopic (exact) mass is 630 g/mol. The van der Waals surface area contributed by atoms with Gasteiger partial charge in [0.2, 0.25) is 0 Å². The normalized spacial score (nSPS) is 15.3. The molecule has 5 aromatic rings. The third kappa shape index (κ3) is 6.20. The molecule has 6 rings (SSSR count). The number of halogens is 2. The predicted molar refractivity (Wildman–Crippen MR) is 176 cm³/mol. The Hall–Kier alpha value is -3.68. The van der Waals surface area contributed by atoms with Crippen LogP contribution in [0.25, 0.3) is 10.9 Å². The third-order valence-corrected chi connectivity index (χ3v) is 9.45. The van der Waals surface area contributed by atoms with Crippen LogP contribution in [-0.2, 0) is 0 Å². The summed E-state index contributed by atoms with van der Waals surface area (Å²) in [7, 11) is 0. The van der Waals surface area contributed by atoms with E-state index < -0.39 is 0 Å². The Labute approximate surface area is 265 Å². The van der Waals surface area contributed by atoms with Crippen molar-refractivity contribution >= 4 is 62.5 Å². The molecule has 8 nitrogen and oxygen atoms in total. The summed E-state index contributed by atoms with van der Waals surface area (Å²) in [6.45, 7) is 8.87. The minimum absolute atomic E-state index is 0.164. The van der Waals surface area contributed by atoms with Gasteiger partial charge >= 0.3 is 0 Å². The van der Waals surface area contributed by atoms with E-state index in [9.17, 15) is 5.26 Å².